The van der Waals surface area contributed by atoms with Gasteiger partial charge < -0.3 is 10.2 Å². The van der Waals surface area contributed by atoms with Crippen LogP contribution in [0.15, 0.2) is 78.9 Å². The number of amides is 2. The summed E-state index contributed by atoms with van der Waals surface area (Å²) >= 11 is 0. The molecule has 29 heavy (non-hydrogen) atoms. The first-order valence-electron chi connectivity index (χ1n) is 9.38. The number of anilines is 1. The fourth-order valence-corrected chi connectivity index (χ4v) is 3.04. The summed E-state index contributed by atoms with van der Waals surface area (Å²) in [5.41, 5.74) is 3.03. The molecule has 0 unspecified atom stereocenters. The largest absolute Gasteiger partial charge is 0.329 e. The van der Waals surface area contributed by atoms with Crippen LogP contribution in [0.1, 0.15) is 21.5 Å². The third-order valence-electron chi connectivity index (χ3n) is 4.77. The number of nitrogens with one attached hydrogen (secondary N) is 1. The third kappa shape index (κ3) is 5.29. The summed E-state index contributed by atoms with van der Waals surface area (Å²) < 4.78 is 13.2. The molecular weight excluding hydrogens is 367 g/mol. The lowest BCUT2D eigenvalue weighted by Gasteiger charge is -2.27. The summed E-state index contributed by atoms with van der Waals surface area (Å²) in [5.74, 6) is -1.04. The molecule has 0 saturated heterocycles. The molecule has 0 fully saturated rings. The Hall–Kier alpha value is -3.47. The minimum atomic E-state index is -0.726. The van der Waals surface area contributed by atoms with Crippen molar-refractivity contribution in [3.63, 3.8) is 0 Å². The van der Waals surface area contributed by atoms with Crippen molar-refractivity contribution >= 4 is 17.5 Å². The van der Waals surface area contributed by atoms with Crippen molar-refractivity contribution in [1.29, 1.82) is 0 Å². The van der Waals surface area contributed by atoms with E-state index in [1.165, 1.54) is 29.2 Å². The van der Waals surface area contributed by atoms with Gasteiger partial charge in [-0.25, -0.2) is 4.39 Å². The second-order valence-electron chi connectivity index (χ2n) is 6.98. The predicted octanol–water partition coefficient (Wildman–Crippen LogP) is 4.46. The highest BCUT2D eigenvalue weighted by Gasteiger charge is 2.28. The second kappa shape index (κ2) is 9.15. The molecule has 1 N–H and O–H groups in total. The maximum atomic E-state index is 13.2. The predicted molar refractivity (Wildman–Crippen MR) is 112 cm³/mol. The lowest BCUT2D eigenvalue weighted by atomic mass is 10.0. The smallest absolute Gasteiger partial charge is 0.254 e. The van der Waals surface area contributed by atoms with Crippen LogP contribution in [0.2, 0.25) is 0 Å². The molecule has 0 saturated carbocycles. The van der Waals surface area contributed by atoms with Gasteiger partial charge in [0, 0.05) is 24.7 Å². The van der Waals surface area contributed by atoms with Crippen molar-refractivity contribution < 1.29 is 14.0 Å². The number of aryl methyl sites for hydroxylation is 1. The minimum absolute atomic E-state index is 0.282. The van der Waals surface area contributed by atoms with Gasteiger partial charge in [-0.05, 0) is 48.9 Å². The number of benzene rings is 3. The Kier molecular flexibility index (Phi) is 6.39. The zero-order valence-corrected chi connectivity index (χ0v) is 16.4. The zero-order valence-electron chi connectivity index (χ0n) is 16.4. The van der Waals surface area contributed by atoms with Crippen LogP contribution in [0.4, 0.5) is 10.1 Å². The molecule has 1 atom stereocenters. The molecule has 0 radical (unpaired) electrons. The molecule has 0 aliphatic carbocycles. The number of halogens is 1. The Balaban J connectivity index is 1.84. The highest BCUT2D eigenvalue weighted by atomic mass is 19.1. The summed E-state index contributed by atoms with van der Waals surface area (Å²) in [7, 11) is 1.59. The van der Waals surface area contributed by atoms with Crippen LogP contribution in [-0.2, 0) is 11.2 Å². The minimum Gasteiger partial charge on any atom is -0.329 e. The van der Waals surface area contributed by atoms with Crippen LogP contribution in [0.3, 0.4) is 0 Å². The lowest BCUT2D eigenvalue weighted by Crippen LogP contribution is -2.46. The molecule has 0 aliphatic rings. The monoisotopic (exact) mass is 390 g/mol. The highest BCUT2D eigenvalue weighted by Crippen LogP contribution is 2.16. The van der Waals surface area contributed by atoms with E-state index in [4.69, 9.17) is 0 Å². The first-order valence-corrected chi connectivity index (χ1v) is 9.38. The van der Waals surface area contributed by atoms with Crippen LogP contribution in [0.25, 0.3) is 0 Å². The van der Waals surface area contributed by atoms with Crippen LogP contribution in [-0.4, -0.2) is 29.8 Å². The van der Waals surface area contributed by atoms with Crippen LogP contribution < -0.4 is 5.32 Å². The summed E-state index contributed by atoms with van der Waals surface area (Å²) in [6.07, 6.45) is 0.363. The van der Waals surface area contributed by atoms with Gasteiger partial charge in [-0.15, -0.1) is 0 Å². The van der Waals surface area contributed by atoms with Crippen molar-refractivity contribution in [2.24, 2.45) is 0 Å². The van der Waals surface area contributed by atoms with Crippen molar-refractivity contribution in [2.75, 3.05) is 12.4 Å². The molecule has 0 aliphatic heterocycles. The Morgan fingerprint density at radius 3 is 2.17 bits per heavy atom. The summed E-state index contributed by atoms with van der Waals surface area (Å²) in [5, 5.41) is 2.89. The molecule has 3 aromatic carbocycles. The number of carbonyl (C=O) groups excluding carboxylic acids is 2. The van der Waals surface area contributed by atoms with Gasteiger partial charge in [0.15, 0.2) is 0 Å². The van der Waals surface area contributed by atoms with Crippen molar-refractivity contribution in [2.45, 2.75) is 19.4 Å². The fraction of sp³-hybridized carbons (Fsp3) is 0.167. The van der Waals surface area contributed by atoms with E-state index in [9.17, 15) is 14.0 Å². The average Bonchev–Trinajstić information content (AvgIpc) is 2.74. The summed E-state index contributed by atoms with van der Waals surface area (Å²) in [6.45, 7) is 1.97. The molecule has 5 heteroatoms. The quantitative estimate of drug-likeness (QED) is 0.676. The van der Waals surface area contributed by atoms with Crippen molar-refractivity contribution in [3.05, 3.63) is 101 Å². The average molecular weight is 390 g/mol. The topological polar surface area (TPSA) is 49.4 Å². The Bertz CT molecular complexity index is 970. The van der Waals surface area contributed by atoms with E-state index in [-0.39, 0.29) is 11.8 Å². The molecule has 0 spiro atoms. The molecule has 3 aromatic rings. The molecule has 148 valence electrons. The van der Waals surface area contributed by atoms with Crippen LogP contribution >= 0.6 is 0 Å². The Morgan fingerprint density at radius 2 is 1.55 bits per heavy atom. The molecule has 4 nitrogen and oxygen atoms in total. The number of carbonyl (C=O) groups is 2. The van der Waals surface area contributed by atoms with E-state index < -0.39 is 11.9 Å². The number of nitrogens with zero attached hydrogens (tertiary/aromatic N) is 1. The maximum absolute atomic E-state index is 13.2. The highest BCUT2D eigenvalue weighted by molar-refractivity contribution is 6.01. The van der Waals surface area contributed by atoms with Gasteiger partial charge in [-0.3, -0.25) is 9.59 Å². The number of hydrogen-bond acceptors (Lipinski definition) is 2. The van der Waals surface area contributed by atoms with E-state index >= 15 is 0 Å². The number of hydrogen-bond donors (Lipinski definition) is 1. The van der Waals surface area contributed by atoms with E-state index in [1.807, 2.05) is 61.5 Å². The summed E-state index contributed by atoms with van der Waals surface area (Å²) in [6, 6.07) is 21.6. The van der Waals surface area contributed by atoms with Gasteiger partial charge in [-0.2, -0.15) is 0 Å². The molecule has 2 amide bonds. The second-order valence-corrected chi connectivity index (χ2v) is 6.98. The van der Waals surface area contributed by atoms with Gasteiger partial charge in [0.1, 0.15) is 11.9 Å². The lowest BCUT2D eigenvalue weighted by molar-refractivity contribution is -0.120. The molecular formula is C24H23FN2O2. The number of likely N-dealkylation sites (N-methyl/N-ethyl adjacent to an activating group) is 1. The molecule has 0 bridgehead atoms. The fourth-order valence-electron chi connectivity index (χ4n) is 3.04. The first-order chi connectivity index (χ1) is 13.9. The molecule has 3 rings (SSSR count). The van der Waals surface area contributed by atoms with E-state index in [2.05, 4.69) is 5.32 Å². The normalized spacial score (nSPS) is 11.6. The van der Waals surface area contributed by atoms with E-state index in [0.29, 0.717) is 17.7 Å². The Labute approximate surface area is 170 Å². The van der Waals surface area contributed by atoms with Gasteiger partial charge >= 0.3 is 0 Å². The van der Waals surface area contributed by atoms with E-state index in [0.717, 1.165) is 11.1 Å². The standard InChI is InChI=1S/C24H23FN2O2/c1-17-8-14-21(15-9-17)26-23(28)22(16-18-6-4-3-5-7-18)27(2)24(29)19-10-12-20(25)13-11-19/h3-15,22H,16H2,1-2H3,(H,26,28)/t22-/m0/s1. The first kappa shape index (κ1) is 20.3. The maximum Gasteiger partial charge on any atom is 0.254 e. The van der Waals surface area contributed by atoms with Gasteiger partial charge in [0.05, 0.1) is 0 Å². The van der Waals surface area contributed by atoms with Gasteiger partial charge in [0.2, 0.25) is 5.91 Å². The molecule has 0 heterocycles. The third-order valence-corrected chi connectivity index (χ3v) is 4.77. The van der Waals surface area contributed by atoms with Gasteiger partial charge in [-0.1, -0.05) is 48.0 Å². The van der Waals surface area contributed by atoms with Gasteiger partial charge in [0.25, 0.3) is 5.91 Å². The van der Waals surface area contributed by atoms with Crippen molar-refractivity contribution in [1.82, 2.24) is 4.90 Å². The summed E-state index contributed by atoms with van der Waals surface area (Å²) in [4.78, 5) is 27.4. The zero-order chi connectivity index (χ0) is 20.8. The van der Waals surface area contributed by atoms with Crippen LogP contribution in [0.5, 0.6) is 0 Å². The van der Waals surface area contributed by atoms with Crippen LogP contribution in [0, 0.1) is 12.7 Å². The SMILES string of the molecule is Cc1ccc(NC(=O)[C@H](Cc2ccccc2)N(C)C(=O)c2ccc(F)cc2)cc1. The Morgan fingerprint density at radius 1 is 0.931 bits per heavy atom. The molecule has 0 aromatic heterocycles. The number of rotatable bonds is 6. The van der Waals surface area contributed by atoms with Crippen molar-refractivity contribution in [3.8, 4) is 0 Å². The van der Waals surface area contributed by atoms with E-state index in [1.54, 1.807) is 7.05 Å².